The van der Waals surface area contributed by atoms with Gasteiger partial charge in [0.05, 0.1) is 6.20 Å². The normalized spacial score (nSPS) is 11.6. The number of anilines is 1. The summed E-state index contributed by atoms with van der Waals surface area (Å²) in [4.78, 5) is 35.3. The van der Waals surface area contributed by atoms with Crippen LogP contribution in [0.25, 0.3) is 0 Å². The second-order valence-corrected chi connectivity index (χ2v) is 5.32. The lowest BCUT2D eigenvalue weighted by Gasteiger charge is -2.14. The van der Waals surface area contributed by atoms with Crippen LogP contribution in [0.2, 0.25) is 5.02 Å². The molecular formula is C15H15ClN4O4. The molecule has 0 saturated carbocycles. The van der Waals surface area contributed by atoms with Gasteiger partial charge in [-0.2, -0.15) is 5.10 Å². The summed E-state index contributed by atoms with van der Waals surface area (Å²) in [6.45, 7) is 1.40. The number of hydrogen-bond acceptors (Lipinski definition) is 5. The molecule has 0 aliphatic rings. The van der Waals surface area contributed by atoms with E-state index in [0.29, 0.717) is 11.4 Å². The summed E-state index contributed by atoms with van der Waals surface area (Å²) in [6.07, 6.45) is -0.782. The highest BCUT2D eigenvalue weighted by Crippen LogP contribution is 2.22. The van der Waals surface area contributed by atoms with Crippen LogP contribution in [0.1, 0.15) is 22.8 Å². The van der Waals surface area contributed by atoms with Gasteiger partial charge in [0, 0.05) is 23.1 Å². The first-order chi connectivity index (χ1) is 11.4. The van der Waals surface area contributed by atoms with Crippen LogP contribution >= 0.6 is 11.6 Å². The number of aromatic nitrogens is 2. The molecule has 1 aromatic carbocycles. The summed E-state index contributed by atoms with van der Waals surface area (Å²) in [5, 5.41) is 9.19. The van der Waals surface area contributed by atoms with Crippen molar-refractivity contribution < 1.29 is 19.1 Å². The van der Waals surface area contributed by atoms with E-state index in [-0.39, 0.29) is 17.0 Å². The van der Waals surface area contributed by atoms with E-state index in [9.17, 15) is 14.4 Å². The minimum atomic E-state index is -1.05. The van der Waals surface area contributed by atoms with Crippen molar-refractivity contribution in [3.05, 3.63) is 46.6 Å². The van der Waals surface area contributed by atoms with Gasteiger partial charge in [-0.05, 0) is 24.6 Å². The van der Waals surface area contributed by atoms with Crippen LogP contribution in [0.15, 0.2) is 30.5 Å². The maximum Gasteiger partial charge on any atom is 0.405 e. The molecule has 0 aliphatic carbocycles. The number of hydrogen-bond donors (Lipinski definition) is 3. The quantitative estimate of drug-likeness (QED) is 0.733. The summed E-state index contributed by atoms with van der Waals surface area (Å²) < 4.78 is 4.64. The highest BCUT2D eigenvalue weighted by molar-refractivity contribution is 6.32. The number of ketones is 1. The molecule has 0 radical (unpaired) electrons. The van der Waals surface area contributed by atoms with Crippen LogP contribution in [0.5, 0.6) is 0 Å². The predicted molar refractivity (Wildman–Crippen MR) is 86.8 cm³/mol. The molecule has 1 heterocycles. The summed E-state index contributed by atoms with van der Waals surface area (Å²) in [5.74, 6) is -0.479. The average molecular weight is 351 g/mol. The molecule has 4 N–H and O–H groups in total. The van der Waals surface area contributed by atoms with Gasteiger partial charge in [0.2, 0.25) is 0 Å². The third-order valence-electron chi connectivity index (χ3n) is 3.21. The molecule has 2 rings (SSSR count). The van der Waals surface area contributed by atoms with Gasteiger partial charge in [-0.15, -0.1) is 0 Å². The van der Waals surface area contributed by atoms with E-state index < -0.39 is 23.9 Å². The van der Waals surface area contributed by atoms with Gasteiger partial charge in [0.1, 0.15) is 5.82 Å². The Labute approximate surface area is 142 Å². The van der Waals surface area contributed by atoms with E-state index >= 15 is 0 Å². The summed E-state index contributed by atoms with van der Waals surface area (Å²) >= 11 is 6.13. The van der Waals surface area contributed by atoms with Gasteiger partial charge < -0.3 is 15.8 Å². The molecule has 24 heavy (non-hydrogen) atoms. The molecular weight excluding hydrogens is 336 g/mol. The van der Waals surface area contributed by atoms with E-state index in [0.717, 1.165) is 0 Å². The minimum absolute atomic E-state index is 0.181. The number of rotatable bonds is 6. The first-order valence-corrected chi connectivity index (χ1v) is 7.33. The number of aromatic amines is 1. The summed E-state index contributed by atoms with van der Waals surface area (Å²) in [6, 6.07) is 6.29. The van der Waals surface area contributed by atoms with Crippen LogP contribution in [-0.2, 0) is 16.0 Å². The molecule has 0 fully saturated rings. The number of nitrogens with one attached hydrogen (secondary N) is 2. The number of carbonyl (C=O) groups is 3. The van der Waals surface area contributed by atoms with Crippen molar-refractivity contribution in [1.29, 1.82) is 0 Å². The molecule has 0 aliphatic heterocycles. The Kier molecular flexibility index (Phi) is 5.54. The van der Waals surface area contributed by atoms with Crippen molar-refractivity contribution in [2.45, 2.75) is 19.4 Å². The predicted octanol–water partition coefficient (Wildman–Crippen LogP) is 1.91. The Hall–Kier alpha value is -2.87. The molecule has 8 nitrogen and oxygen atoms in total. The fraction of sp³-hybridized carbons (Fsp3) is 0.200. The average Bonchev–Trinajstić information content (AvgIpc) is 3.01. The summed E-state index contributed by atoms with van der Waals surface area (Å²) in [5.41, 5.74) is 5.46. The lowest BCUT2D eigenvalue weighted by molar-refractivity contribution is -0.125. The number of ether oxygens (including phenoxy) is 1. The molecule has 0 unspecified atom stereocenters. The molecule has 0 bridgehead atoms. The molecule has 0 spiro atoms. The maximum atomic E-state index is 12.4. The number of primary amides is 1. The van der Waals surface area contributed by atoms with Crippen molar-refractivity contribution in [1.82, 2.24) is 10.2 Å². The largest absolute Gasteiger partial charge is 0.439 e. The van der Waals surface area contributed by atoms with Crippen molar-refractivity contribution in [3.63, 3.8) is 0 Å². The smallest absolute Gasteiger partial charge is 0.405 e. The number of nitrogens with zero attached hydrogens (tertiary/aromatic N) is 1. The topological polar surface area (TPSA) is 127 Å². The highest BCUT2D eigenvalue weighted by Gasteiger charge is 2.22. The van der Waals surface area contributed by atoms with Gasteiger partial charge in [0.25, 0.3) is 5.91 Å². The van der Waals surface area contributed by atoms with Gasteiger partial charge in [-0.25, -0.2) is 4.79 Å². The van der Waals surface area contributed by atoms with Crippen LogP contribution in [0, 0.1) is 0 Å². The Morgan fingerprint density at radius 1 is 1.38 bits per heavy atom. The van der Waals surface area contributed by atoms with E-state index in [4.69, 9.17) is 17.3 Å². The lowest BCUT2D eigenvalue weighted by atomic mass is 9.99. The lowest BCUT2D eigenvalue weighted by Crippen LogP contribution is -2.29. The number of carbonyl (C=O) groups excluding carboxylic acids is 3. The van der Waals surface area contributed by atoms with Crippen LogP contribution in [0.3, 0.4) is 0 Å². The second-order valence-electron chi connectivity index (χ2n) is 4.91. The molecule has 1 atom stereocenters. The zero-order chi connectivity index (χ0) is 17.7. The molecule has 2 aromatic rings. The van der Waals surface area contributed by atoms with E-state index in [2.05, 4.69) is 20.3 Å². The molecule has 0 saturated heterocycles. The fourth-order valence-corrected chi connectivity index (χ4v) is 2.27. The van der Waals surface area contributed by atoms with Gasteiger partial charge in [0.15, 0.2) is 11.9 Å². The summed E-state index contributed by atoms with van der Waals surface area (Å²) in [7, 11) is 0. The van der Waals surface area contributed by atoms with Gasteiger partial charge in [-0.3, -0.25) is 14.7 Å². The number of Topliss-reactive ketones (excluding diaryl/α,β-unsaturated/α-hetero) is 1. The van der Waals surface area contributed by atoms with Crippen molar-refractivity contribution >= 4 is 35.2 Å². The van der Waals surface area contributed by atoms with Crippen molar-refractivity contribution in [2.24, 2.45) is 5.73 Å². The Bertz CT molecular complexity index is 761. The van der Waals surface area contributed by atoms with E-state index in [1.54, 1.807) is 24.3 Å². The third kappa shape index (κ3) is 4.32. The standard InChI is InChI=1S/C15H15ClN4O4/c1-8(24-15(17)23)12(21)7-10-9(3-2-4-11(10)16)14(22)19-13-5-6-18-20-13/h2-6,8H,7H2,1H3,(H2,17,23)(H2,18,19,20,22)/t8-/m0/s1. The third-order valence-corrected chi connectivity index (χ3v) is 3.56. The van der Waals surface area contributed by atoms with Gasteiger partial charge >= 0.3 is 6.09 Å². The number of halogens is 1. The fourth-order valence-electron chi connectivity index (χ4n) is 2.02. The number of benzene rings is 1. The molecule has 2 amide bonds. The van der Waals surface area contributed by atoms with Crippen LogP contribution in [0.4, 0.5) is 10.6 Å². The Balaban J connectivity index is 2.21. The molecule has 1 aromatic heterocycles. The van der Waals surface area contributed by atoms with Crippen molar-refractivity contribution in [3.8, 4) is 0 Å². The van der Waals surface area contributed by atoms with Crippen LogP contribution < -0.4 is 11.1 Å². The number of nitrogens with two attached hydrogens (primary N) is 1. The van der Waals surface area contributed by atoms with Gasteiger partial charge in [-0.1, -0.05) is 17.7 Å². The van der Waals surface area contributed by atoms with Crippen molar-refractivity contribution in [2.75, 3.05) is 5.32 Å². The number of H-pyrrole nitrogens is 1. The highest BCUT2D eigenvalue weighted by atomic mass is 35.5. The maximum absolute atomic E-state index is 12.4. The minimum Gasteiger partial charge on any atom is -0.439 e. The van der Waals surface area contributed by atoms with E-state index in [1.807, 2.05) is 0 Å². The van der Waals surface area contributed by atoms with E-state index in [1.165, 1.54) is 13.1 Å². The monoisotopic (exact) mass is 350 g/mol. The SMILES string of the molecule is C[C@H](OC(N)=O)C(=O)Cc1c(Cl)cccc1C(=O)Nc1ccn[nH]1. The Morgan fingerprint density at radius 2 is 2.12 bits per heavy atom. The Morgan fingerprint density at radius 3 is 2.75 bits per heavy atom. The molecule has 9 heteroatoms. The first kappa shape index (κ1) is 17.5. The number of amides is 2. The zero-order valence-corrected chi connectivity index (χ0v) is 13.5. The molecule has 126 valence electrons. The van der Waals surface area contributed by atoms with Crippen LogP contribution in [-0.4, -0.2) is 34.1 Å². The first-order valence-electron chi connectivity index (χ1n) is 6.95. The zero-order valence-electron chi connectivity index (χ0n) is 12.7. The second kappa shape index (κ2) is 7.60.